The van der Waals surface area contributed by atoms with Gasteiger partial charge in [0.25, 0.3) is 0 Å². The molecule has 2 saturated carbocycles. The molecule has 1 nitrogen and oxygen atoms in total. The van der Waals surface area contributed by atoms with Crippen molar-refractivity contribution in [1.82, 2.24) is 0 Å². The first-order chi connectivity index (χ1) is 14.4. The van der Waals surface area contributed by atoms with E-state index in [0.29, 0.717) is 18.3 Å². The van der Waals surface area contributed by atoms with Gasteiger partial charge in [-0.3, -0.25) is 4.39 Å². The van der Waals surface area contributed by atoms with Crippen LogP contribution in [0.3, 0.4) is 0 Å². The van der Waals surface area contributed by atoms with Crippen LogP contribution in [0.25, 0.3) is 0 Å². The zero-order valence-electron chi connectivity index (χ0n) is 17.7. The van der Waals surface area contributed by atoms with Crippen molar-refractivity contribution in [2.24, 2.45) is 17.8 Å². The maximum absolute atomic E-state index is 12.3. The molecule has 0 radical (unpaired) electrons. The summed E-state index contributed by atoms with van der Waals surface area (Å²) in [7, 11) is 0. The second-order valence-corrected chi connectivity index (χ2v) is 9.10. The van der Waals surface area contributed by atoms with Crippen LogP contribution in [0.15, 0.2) is 36.4 Å². The van der Waals surface area contributed by atoms with Gasteiger partial charge in [0.2, 0.25) is 0 Å². The lowest BCUT2D eigenvalue weighted by Crippen LogP contribution is -2.18. The third-order valence-corrected chi connectivity index (χ3v) is 6.99. The van der Waals surface area contributed by atoms with Gasteiger partial charge in [-0.15, -0.1) is 13.2 Å². The van der Waals surface area contributed by atoms with Gasteiger partial charge in [0.15, 0.2) is 0 Å². The van der Waals surface area contributed by atoms with E-state index in [1.807, 2.05) is 6.08 Å². The third-order valence-electron chi connectivity index (χ3n) is 6.99. The van der Waals surface area contributed by atoms with E-state index in [9.17, 15) is 17.6 Å². The van der Waals surface area contributed by atoms with Gasteiger partial charge in [0.05, 0.1) is 6.67 Å². The molecule has 0 N–H and O–H groups in total. The minimum Gasteiger partial charge on any atom is -0.406 e. The first kappa shape index (κ1) is 23.1. The van der Waals surface area contributed by atoms with Crippen molar-refractivity contribution in [1.29, 1.82) is 0 Å². The molecule has 168 valence electrons. The molecule has 1 aromatic rings. The molecule has 1 aromatic carbocycles. The van der Waals surface area contributed by atoms with Crippen molar-refractivity contribution in [2.75, 3.05) is 6.67 Å². The van der Waals surface area contributed by atoms with Crippen molar-refractivity contribution in [2.45, 2.75) is 82.9 Å². The molecule has 0 unspecified atom stereocenters. The number of benzene rings is 1. The zero-order chi connectivity index (χ0) is 21.4. The van der Waals surface area contributed by atoms with Crippen LogP contribution in [0, 0.1) is 17.8 Å². The molecule has 5 heteroatoms. The Morgan fingerprint density at radius 3 is 1.93 bits per heavy atom. The maximum Gasteiger partial charge on any atom is 0.573 e. The average molecular weight is 427 g/mol. The number of rotatable bonds is 8. The van der Waals surface area contributed by atoms with Gasteiger partial charge < -0.3 is 4.74 Å². The zero-order valence-corrected chi connectivity index (χ0v) is 17.7. The van der Waals surface area contributed by atoms with Crippen molar-refractivity contribution >= 4 is 0 Å². The van der Waals surface area contributed by atoms with E-state index in [2.05, 4.69) is 10.8 Å². The third kappa shape index (κ3) is 7.63. The van der Waals surface area contributed by atoms with Crippen LogP contribution < -0.4 is 4.74 Å². The standard InChI is InChI=1S/C25H34F4O/c26-18-2-1-3-19-4-6-20(7-5-19)8-9-21-10-12-22(13-11-21)23-14-16-24(17-15-23)30-25(27,28)29/h1,3,14-17,19-22H,2,4-13,18H2. The quantitative estimate of drug-likeness (QED) is 0.300. The first-order valence-electron chi connectivity index (χ1n) is 11.5. The maximum atomic E-state index is 12.3. The van der Waals surface area contributed by atoms with Crippen molar-refractivity contribution < 1.29 is 22.3 Å². The van der Waals surface area contributed by atoms with Crippen LogP contribution >= 0.6 is 0 Å². The normalized spacial score (nSPS) is 28.0. The summed E-state index contributed by atoms with van der Waals surface area (Å²) in [6.45, 7) is -0.258. The Morgan fingerprint density at radius 2 is 1.40 bits per heavy atom. The number of ether oxygens (including phenoxy) is 1. The van der Waals surface area contributed by atoms with Crippen LogP contribution in [0.4, 0.5) is 17.6 Å². The topological polar surface area (TPSA) is 9.23 Å². The Hall–Kier alpha value is -1.52. The number of halogens is 4. The second kappa shape index (κ2) is 11.2. The second-order valence-electron chi connectivity index (χ2n) is 9.10. The first-order valence-corrected chi connectivity index (χ1v) is 11.5. The highest BCUT2D eigenvalue weighted by Gasteiger charge is 2.31. The predicted octanol–water partition coefficient (Wildman–Crippen LogP) is 8.36. The van der Waals surface area contributed by atoms with E-state index in [0.717, 1.165) is 30.2 Å². The largest absolute Gasteiger partial charge is 0.573 e. The minimum absolute atomic E-state index is 0.146. The van der Waals surface area contributed by atoms with E-state index < -0.39 is 6.36 Å². The fraction of sp³-hybridized carbons (Fsp3) is 0.680. The monoisotopic (exact) mass is 426 g/mol. The summed E-state index contributed by atoms with van der Waals surface area (Å²) in [5.74, 6) is 2.59. The molecule has 2 aliphatic rings. The minimum atomic E-state index is -4.63. The molecule has 2 aliphatic carbocycles. The summed E-state index contributed by atoms with van der Waals surface area (Å²) >= 11 is 0. The smallest absolute Gasteiger partial charge is 0.406 e. The molecule has 0 amide bonds. The molecule has 0 atom stereocenters. The van der Waals surface area contributed by atoms with Gasteiger partial charge in [-0.25, -0.2) is 0 Å². The summed E-state index contributed by atoms with van der Waals surface area (Å²) in [4.78, 5) is 0. The highest BCUT2D eigenvalue weighted by Crippen LogP contribution is 2.40. The highest BCUT2D eigenvalue weighted by molar-refractivity contribution is 5.29. The van der Waals surface area contributed by atoms with E-state index in [1.165, 1.54) is 63.5 Å². The highest BCUT2D eigenvalue weighted by atomic mass is 19.4. The summed E-state index contributed by atoms with van der Waals surface area (Å²) in [5, 5.41) is 0. The van der Waals surface area contributed by atoms with Crippen LogP contribution in [0.2, 0.25) is 0 Å². The van der Waals surface area contributed by atoms with Crippen LogP contribution in [0.5, 0.6) is 5.75 Å². The fourth-order valence-corrected chi connectivity index (χ4v) is 5.22. The Kier molecular flexibility index (Phi) is 8.64. The molecule has 2 fully saturated rings. The van der Waals surface area contributed by atoms with E-state index >= 15 is 0 Å². The molecular weight excluding hydrogens is 392 g/mol. The fourth-order valence-electron chi connectivity index (χ4n) is 5.22. The van der Waals surface area contributed by atoms with Crippen molar-refractivity contribution in [3.05, 3.63) is 42.0 Å². The summed E-state index contributed by atoms with van der Waals surface area (Å²) < 4.78 is 53.0. The molecule has 0 saturated heterocycles. The van der Waals surface area contributed by atoms with Crippen LogP contribution in [-0.2, 0) is 0 Å². The van der Waals surface area contributed by atoms with E-state index in [4.69, 9.17) is 0 Å². The lowest BCUT2D eigenvalue weighted by Gasteiger charge is -2.31. The van der Waals surface area contributed by atoms with Crippen LogP contribution in [-0.4, -0.2) is 13.0 Å². The molecule has 0 aromatic heterocycles. The van der Waals surface area contributed by atoms with Gasteiger partial charge in [0, 0.05) is 0 Å². The van der Waals surface area contributed by atoms with Crippen molar-refractivity contribution in [3.8, 4) is 5.75 Å². The van der Waals surface area contributed by atoms with E-state index in [-0.39, 0.29) is 12.4 Å². The number of allylic oxidation sites excluding steroid dienone is 2. The summed E-state index contributed by atoms with van der Waals surface area (Å²) in [6.07, 6.45) is 12.5. The van der Waals surface area contributed by atoms with Gasteiger partial charge in [0.1, 0.15) is 5.75 Å². The van der Waals surface area contributed by atoms with Gasteiger partial charge in [-0.2, -0.15) is 0 Å². The Morgan fingerprint density at radius 1 is 0.833 bits per heavy atom. The van der Waals surface area contributed by atoms with Gasteiger partial charge >= 0.3 is 6.36 Å². The summed E-state index contributed by atoms with van der Waals surface area (Å²) in [5.41, 5.74) is 1.13. The van der Waals surface area contributed by atoms with Gasteiger partial charge in [-0.05, 0) is 99.2 Å². The molecule has 30 heavy (non-hydrogen) atoms. The molecule has 0 aliphatic heterocycles. The van der Waals surface area contributed by atoms with Crippen molar-refractivity contribution in [3.63, 3.8) is 0 Å². The Balaban J connectivity index is 1.34. The summed E-state index contributed by atoms with van der Waals surface area (Å²) in [6, 6.07) is 6.43. The Labute approximate surface area is 177 Å². The Bertz CT molecular complexity index is 636. The molecule has 0 bridgehead atoms. The number of hydrogen-bond donors (Lipinski definition) is 0. The molecular formula is C25H34F4O. The molecule has 0 heterocycles. The van der Waals surface area contributed by atoms with E-state index in [1.54, 1.807) is 12.1 Å². The number of hydrogen-bond acceptors (Lipinski definition) is 1. The number of alkyl halides is 4. The SMILES string of the molecule is FCCC=CC1CCC(CCC2CCC(c3ccc(OC(F)(F)F)cc3)CC2)CC1. The predicted molar refractivity (Wildman–Crippen MR) is 112 cm³/mol. The lowest BCUT2D eigenvalue weighted by molar-refractivity contribution is -0.274. The average Bonchev–Trinajstić information content (AvgIpc) is 2.73. The van der Waals surface area contributed by atoms with Crippen LogP contribution in [0.1, 0.15) is 82.1 Å². The van der Waals surface area contributed by atoms with Gasteiger partial charge in [-0.1, -0.05) is 37.1 Å². The lowest BCUT2D eigenvalue weighted by atomic mass is 9.74. The molecule has 0 spiro atoms. The molecule has 3 rings (SSSR count).